The highest BCUT2D eigenvalue weighted by atomic mass is 35.5. The van der Waals surface area contributed by atoms with Crippen LogP contribution in [0.2, 0.25) is 5.02 Å². The topological polar surface area (TPSA) is 29.1 Å². The lowest BCUT2D eigenvalue weighted by Gasteiger charge is -2.59. The molecular weight excluding hydrogens is 342 g/mol. The van der Waals surface area contributed by atoms with Crippen LogP contribution in [0.3, 0.4) is 0 Å². The number of nitrogens with one attached hydrogen (secondary N) is 1. The second-order valence-electron chi connectivity index (χ2n) is 9.12. The minimum absolute atomic E-state index is 0.0427. The highest BCUT2D eigenvalue weighted by Gasteiger charge is 2.53. The van der Waals surface area contributed by atoms with Crippen LogP contribution in [0, 0.1) is 23.2 Å². The number of hydrogen-bond donors (Lipinski definition) is 1. The van der Waals surface area contributed by atoms with Crippen molar-refractivity contribution in [3.05, 3.63) is 47.0 Å². The van der Waals surface area contributed by atoms with E-state index in [2.05, 4.69) is 12.2 Å². The normalized spacial score (nSPS) is 33.4. The van der Waals surface area contributed by atoms with Gasteiger partial charge in [0.15, 0.2) is 0 Å². The van der Waals surface area contributed by atoms with Crippen molar-refractivity contribution in [3.63, 3.8) is 0 Å². The van der Waals surface area contributed by atoms with E-state index >= 15 is 0 Å². The summed E-state index contributed by atoms with van der Waals surface area (Å²) in [6.07, 6.45) is 8.22. The van der Waals surface area contributed by atoms with Crippen LogP contribution >= 0.6 is 11.6 Å². The summed E-state index contributed by atoms with van der Waals surface area (Å²) in [5.74, 6) is 2.74. The largest absolute Gasteiger partial charge is 0.349 e. The van der Waals surface area contributed by atoms with Crippen LogP contribution < -0.4 is 5.32 Å². The van der Waals surface area contributed by atoms with Crippen molar-refractivity contribution in [2.75, 3.05) is 0 Å². The van der Waals surface area contributed by atoms with Gasteiger partial charge in [-0.3, -0.25) is 4.79 Å². The van der Waals surface area contributed by atoms with E-state index in [9.17, 15) is 4.79 Å². The number of carbonyl (C=O) groups is 1. The molecule has 4 bridgehead atoms. The van der Waals surface area contributed by atoms with Gasteiger partial charge in [-0.15, -0.1) is 0 Å². The average Bonchev–Trinajstić information content (AvgIpc) is 2.60. The Balaban J connectivity index is 1.42. The maximum Gasteiger partial charge on any atom is 0.252 e. The Labute approximate surface area is 160 Å². The Kier molecular flexibility index (Phi) is 3.83. The molecule has 0 spiro atoms. The molecular formula is C23H26ClNO. The van der Waals surface area contributed by atoms with Gasteiger partial charge in [-0.1, -0.05) is 35.9 Å². The lowest BCUT2D eigenvalue weighted by molar-refractivity contribution is -0.0687. The molecule has 4 saturated carbocycles. The monoisotopic (exact) mass is 367 g/mol. The number of carbonyl (C=O) groups excluding carboxylic acids is 1. The van der Waals surface area contributed by atoms with Gasteiger partial charge in [0.25, 0.3) is 5.91 Å². The van der Waals surface area contributed by atoms with Gasteiger partial charge in [-0.25, -0.2) is 0 Å². The standard InChI is InChI=1S/C23H26ClNO/c1-14(23-11-15-8-16(12-23)10-17(9-15)13-23)25-22(26)20-6-2-5-19-18(20)4-3-7-21(19)24/h2-7,14-17H,8-13H2,1H3,(H,25,26)/t14-,15?,16?,17?,23?/m1/s1. The Bertz CT molecular complexity index is 838. The molecule has 0 aliphatic heterocycles. The van der Waals surface area contributed by atoms with Crippen LogP contribution in [-0.2, 0) is 0 Å². The van der Waals surface area contributed by atoms with Crippen molar-refractivity contribution in [2.45, 2.75) is 51.5 Å². The number of rotatable bonds is 3. The zero-order valence-corrected chi connectivity index (χ0v) is 16.1. The maximum atomic E-state index is 13.1. The van der Waals surface area contributed by atoms with Gasteiger partial charge in [0.05, 0.1) is 0 Å². The Morgan fingerprint density at radius 1 is 1.00 bits per heavy atom. The zero-order valence-electron chi connectivity index (χ0n) is 15.3. The van der Waals surface area contributed by atoms with E-state index in [1.54, 1.807) is 0 Å². The molecule has 0 radical (unpaired) electrons. The molecule has 1 atom stereocenters. The van der Waals surface area contributed by atoms with Crippen molar-refractivity contribution in [1.82, 2.24) is 5.32 Å². The second-order valence-corrected chi connectivity index (χ2v) is 9.52. The van der Waals surface area contributed by atoms with Gasteiger partial charge in [-0.05, 0) is 86.1 Å². The minimum atomic E-state index is 0.0427. The van der Waals surface area contributed by atoms with E-state index in [1.165, 1.54) is 38.5 Å². The third-order valence-corrected chi connectivity index (χ3v) is 7.79. The molecule has 1 amide bonds. The van der Waals surface area contributed by atoms with Crippen molar-refractivity contribution >= 4 is 28.3 Å². The second kappa shape index (κ2) is 5.99. The lowest BCUT2D eigenvalue weighted by Crippen LogP contribution is -2.55. The van der Waals surface area contributed by atoms with Crippen LogP contribution in [0.1, 0.15) is 55.8 Å². The summed E-state index contributed by atoms with van der Waals surface area (Å²) in [6, 6.07) is 11.9. The molecule has 2 nitrogen and oxygen atoms in total. The molecule has 2 aromatic carbocycles. The number of hydrogen-bond acceptors (Lipinski definition) is 1. The summed E-state index contributed by atoms with van der Waals surface area (Å²) in [6.45, 7) is 2.24. The van der Waals surface area contributed by atoms with Crippen molar-refractivity contribution < 1.29 is 4.79 Å². The summed E-state index contributed by atoms with van der Waals surface area (Å²) in [4.78, 5) is 13.1. The zero-order chi connectivity index (χ0) is 17.9. The first kappa shape index (κ1) is 16.6. The van der Waals surface area contributed by atoms with E-state index in [0.29, 0.717) is 10.4 Å². The highest BCUT2D eigenvalue weighted by molar-refractivity contribution is 6.36. The van der Waals surface area contributed by atoms with Crippen LogP contribution in [0.15, 0.2) is 36.4 Å². The van der Waals surface area contributed by atoms with Crippen LogP contribution in [0.5, 0.6) is 0 Å². The Hall–Kier alpha value is -1.54. The first-order valence-corrected chi connectivity index (χ1v) is 10.4. The molecule has 136 valence electrons. The van der Waals surface area contributed by atoms with Gasteiger partial charge in [0.2, 0.25) is 0 Å². The van der Waals surface area contributed by atoms with Gasteiger partial charge in [0, 0.05) is 22.0 Å². The SMILES string of the molecule is C[C@@H](NC(=O)c1cccc2c(Cl)cccc12)C12CC3CC(CC(C3)C1)C2. The van der Waals surface area contributed by atoms with E-state index < -0.39 is 0 Å². The molecule has 4 fully saturated rings. The van der Waals surface area contributed by atoms with Gasteiger partial charge >= 0.3 is 0 Å². The Morgan fingerprint density at radius 3 is 2.23 bits per heavy atom. The number of fused-ring (bicyclic) bond motifs is 1. The fourth-order valence-corrected chi connectivity index (χ4v) is 6.84. The summed E-state index contributed by atoms with van der Waals surface area (Å²) in [5, 5.41) is 5.97. The molecule has 3 heteroatoms. The molecule has 1 N–H and O–H groups in total. The third-order valence-electron chi connectivity index (χ3n) is 7.47. The van der Waals surface area contributed by atoms with Gasteiger partial charge < -0.3 is 5.32 Å². The highest BCUT2D eigenvalue weighted by Crippen LogP contribution is 2.61. The first-order valence-electron chi connectivity index (χ1n) is 10.0. The molecule has 4 aliphatic carbocycles. The van der Waals surface area contributed by atoms with Crippen molar-refractivity contribution in [3.8, 4) is 0 Å². The van der Waals surface area contributed by atoms with Crippen LogP contribution in [0.4, 0.5) is 0 Å². The fraction of sp³-hybridized carbons (Fsp3) is 0.522. The summed E-state index contributed by atoms with van der Waals surface area (Å²) < 4.78 is 0. The molecule has 0 unspecified atom stereocenters. The average molecular weight is 368 g/mol. The number of halogens is 1. The molecule has 0 saturated heterocycles. The quantitative estimate of drug-likeness (QED) is 0.726. The van der Waals surface area contributed by atoms with Gasteiger partial charge in [0.1, 0.15) is 0 Å². The lowest BCUT2D eigenvalue weighted by atomic mass is 9.48. The minimum Gasteiger partial charge on any atom is -0.349 e. The molecule has 26 heavy (non-hydrogen) atoms. The van der Waals surface area contributed by atoms with Gasteiger partial charge in [-0.2, -0.15) is 0 Å². The Morgan fingerprint density at radius 2 is 1.58 bits per heavy atom. The van der Waals surface area contributed by atoms with E-state index in [0.717, 1.165) is 34.1 Å². The number of benzene rings is 2. The fourth-order valence-electron chi connectivity index (χ4n) is 6.61. The van der Waals surface area contributed by atoms with Crippen LogP contribution in [-0.4, -0.2) is 11.9 Å². The van der Waals surface area contributed by atoms with E-state index in [1.807, 2.05) is 36.4 Å². The third kappa shape index (κ3) is 2.57. The number of amides is 1. The summed E-state index contributed by atoms with van der Waals surface area (Å²) in [5.41, 5.74) is 1.06. The molecule has 0 heterocycles. The molecule has 6 rings (SSSR count). The molecule has 0 aromatic heterocycles. The molecule has 2 aromatic rings. The summed E-state index contributed by atoms with van der Waals surface area (Å²) >= 11 is 6.32. The van der Waals surface area contributed by atoms with Crippen molar-refractivity contribution in [2.24, 2.45) is 23.2 Å². The predicted molar refractivity (Wildman–Crippen MR) is 106 cm³/mol. The smallest absolute Gasteiger partial charge is 0.252 e. The van der Waals surface area contributed by atoms with Crippen LogP contribution in [0.25, 0.3) is 10.8 Å². The van der Waals surface area contributed by atoms with E-state index in [4.69, 9.17) is 11.6 Å². The van der Waals surface area contributed by atoms with Crippen molar-refractivity contribution in [1.29, 1.82) is 0 Å². The molecule has 4 aliphatic rings. The summed E-state index contributed by atoms with van der Waals surface area (Å²) in [7, 11) is 0. The first-order chi connectivity index (χ1) is 12.5. The van der Waals surface area contributed by atoms with E-state index in [-0.39, 0.29) is 11.9 Å². The maximum absolute atomic E-state index is 13.1. The predicted octanol–water partition coefficient (Wildman–Crippen LogP) is 5.83.